The lowest BCUT2D eigenvalue weighted by Gasteiger charge is -2.10. The molecule has 1 heterocycles. The first kappa shape index (κ1) is 18.2. The third kappa shape index (κ3) is 3.35. The topological polar surface area (TPSA) is 31.2 Å². The minimum atomic E-state index is 0.0421. The second-order valence-corrected chi connectivity index (χ2v) is 7.27. The van der Waals surface area contributed by atoms with E-state index in [4.69, 9.17) is 4.74 Å². The second kappa shape index (κ2) is 7.88. The number of carbonyl (C=O) groups excluding carboxylic acids is 1. The SMILES string of the molecule is O=C(c1ccccc1)c1cn(CCOc2cccc3ccccc23)c2ccccc12. The molecule has 5 aromatic rings. The van der Waals surface area contributed by atoms with Crippen molar-refractivity contribution in [2.75, 3.05) is 6.61 Å². The maximum atomic E-state index is 13.1. The molecule has 3 heteroatoms. The third-order valence-corrected chi connectivity index (χ3v) is 5.41. The highest BCUT2D eigenvalue weighted by molar-refractivity contribution is 6.16. The van der Waals surface area contributed by atoms with Gasteiger partial charge in [-0.1, -0.05) is 84.9 Å². The molecule has 0 bridgehead atoms. The summed E-state index contributed by atoms with van der Waals surface area (Å²) in [6.07, 6.45) is 1.95. The summed E-state index contributed by atoms with van der Waals surface area (Å²) in [5.74, 6) is 0.922. The number of hydrogen-bond donors (Lipinski definition) is 0. The molecule has 4 aromatic carbocycles. The number of carbonyl (C=O) groups is 1. The van der Waals surface area contributed by atoms with Crippen molar-refractivity contribution >= 4 is 27.5 Å². The quantitative estimate of drug-likeness (QED) is 0.327. The van der Waals surface area contributed by atoms with Crippen molar-refractivity contribution in [2.45, 2.75) is 6.54 Å². The van der Waals surface area contributed by atoms with Crippen LogP contribution in [0.25, 0.3) is 21.7 Å². The first-order valence-electron chi connectivity index (χ1n) is 10.1. The highest BCUT2D eigenvalue weighted by Crippen LogP contribution is 2.26. The number of ketones is 1. The van der Waals surface area contributed by atoms with Gasteiger partial charge in [0.05, 0.1) is 6.54 Å². The van der Waals surface area contributed by atoms with Gasteiger partial charge in [0.15, 0.2) is 5.78 Å². The zero-order valence-corrected chi connectivity index (χ0v) is 16.5. The maximum Gasteiger partial charge on any atom is 0.195 e. The molecule has 0 atom stereocenters. The summed E-state index contributed by atoms with van der Waals surface area (Å²) in [7, 11) is 0. The van der Waals surface area contributed by atoms with Gasteiger partial charge >= 0.3 is 0 Å². The van der Waals surface area contributed by atoms with Gasteiger partial charge in [0, 0.05) is 33.6 Å². The van der Waals surface area contributed by atoms with E-state index in [1.54, 1.807) is 0 Å². The molecule has 0 fully saturated rings. The lowest BCUT2D eigenvalue weighted by molar-refractivity contribution is 0.104. The van der Waals surface area contributed by atoms with Crippen LogP contribution in [0.3, 0.4) is 0 Å². The largest absolute Gasteiger partial charge is 0.491 e. The van der Waals surface area contributed by atoms with Crippen LogP contribution < -0.4 is 4.74 Å². The van der Waals surface area contributed by atoms with E-state index in [9.17, 15) is 4.79 Å². The molecule has 146 valence electrons. The molecular weight excluding hydrogens is 370 g/mol. The molecule has 0 saturated carbocycles. The Kier molecular flexibility index (Phi) is 4.78. The Labute approximate surface area is 175 Å². The van der Waals surface area contributed by atoms with E-state index < -0.39 is 0 Å². The van der Waals surface area contributed by atoms with Crippen LogP contribution in [0.2, 0.25) is 0 Å². The van der Waals surface area contributed by atoms with E-state index in [-0.39, 0.29) is 5.78 Å². The van der Waals surface area contributed by atoms with Crippen LogP contribution in [-0.2, 0) is 6.54 Å². The highest BCUT2D eigenvalue weighted by Gasteiger charge is 2.16. The molecule has 0 aliphatic rings. The lowest BCUT2D eigenvalue weighted by Crippen LogP contribution is -2.07. The molecule has 0 unspecified atom stereocenters. The van der Waals surface area contributed by atoms with Crippen molar-refractivity contribution < 1.29 is 9.53 Å². The standard InChI is InChI=1S/C27H21NO2/c29-27(21-10-2-1-3-11-21)24-19-28(25-15-7-6-14-23(24)25)17-18-30-26-16-8-12-20-9-4-5-13-22(20)26/h1-16,19H,17-18H2. The fraction of sp³-hybridized carbons (Fsp3) is 0.0741. The van der Waals surface area contributed by atoms with Gasteiger partial charge in [0.1, 0.15) is 12.4 Å². The number of ether oxygens (including phenoxy) is 1. The van der Waals surface area contributed by atoms with Crippen molar-refractivity contribution in [1.29, 1.82) is 0 Å². The molecule has 0 N–H and O–H groups in total. The molecule has 1 aromatic heterocycles. The predicted molar refractivity (Wildman–Crippen MR) is 121 cm³/mol. The molecule has 30 heavy (non-hydrogen) atoms. The van der Waals surface area contributed by atoms with Crippen molar-refractivity contribution in [3.8, 4) is 5.75 Å². The van der Waals surface area contributed by atoms with Crippen LogP contribution >= 0.6 is 0 Å². The zero-order valence-electron chi connectivity index (χ0n) is 16.5. The summed E-state index contributed by atoms with van der Waals surface area (Å²) < 4.78 is 8.23. The Morgan fingerprint density at radius 1 is 0.733 bits per heavy atom. The molecule has 0 saturated heterocycles. The Hall–Kier alpha value is -3.85. The predicted octanol–water partition coefficient (Wildman–Crippen LogP) is 6.10. The lowest BCUT2D eigenvalue weighted by atomic mass is 10.0. The minimum absolute atomic E-state index is 0.0421. The summed E-state index contributed by atoms with van der Waals surface area (Å²) in [6.45, 7) is 1.18. The van der Waals surface area contributed by atoms with Crippen molar-refractivity contribution in [2.24, 2.45) is 0 Å². The number of aromatic nitrogens is 1. The van der Waals surface area contributed by atoms with E-state index in [1.807, 2.05) is 79.0 Å². The second-order valence-electron chi connectivity index (χ2n) is 7.27. The molecular formula is C27H21NO2. The van der Waals surface area contributed by atoms with Crippen LogP contribution in [0, 0.1) is 0 Å². The normalized spacial score (nSPS) is 11.1. The van der Waals surface area contributed by atoms with Gasteiger partial charge in [0.2, 0.25) is 0 Å². The van der Waals surface area contributed by atoms with Crippen molar-refractivity contribution in [1.82, 2.24) is 4.57 Å². The molecule has 5 rings (SSSR count). The number of nitrogens with zero attached hydrogens (tertiary/aromatic N) is 1. The smallest absolute Gasteiger partial charge is 0.195 e. The Balaban J connectivity index is 1.42. The first-order chi connectivity index (χ1) is 14.8. The summed E-state index contributed by atoms with van der Waals surface area (Å²) in [4.78, 5) is 13.1. The van der Waals surface area contributed by atoms with Gasteiger partial charge in [-0.2, -0.15) is 0 Å². The molecule has 3 nitrogen and oxygen atoms in total. The van der Waals surface area contributed by atoms with Crippen LogP contribution in [0.5, 0.6) is 5.75 Å². The van der Waals surface area contributed by atoms with Gasteiger partial charge in [-0.3, -0.25) is 4.79 Å². The van der Waals surface area contributed by atoms with Crippen LogP contribution in [0.15, 0.2) is 103 Å². The van der Waals surface area contributed by atoms with Crippen LogP contribution in [0.1, 0.15) is 15.9 Å². The molecule has 0 aliphatic carbocycles. The average molecular weight is 391 g/mol. The number of benzene rings is 4. The van der Waals surface area contributed by atoms with E-state index in [0.717, 1.165) is 33.0 Å². The Bertz CT molecular complexity index is 1330. The molecule has 0 aliphatic heterocycles. The van der Waals surface area contributed by atoms with E-state index in [1.165, 1.54) is 0 Å². The fourth-order valence-corrected chi connectivity index (χ4v) is 3.93. The average Bonchev–Trinajstić information content (AvgIpc) is 3.18. The zero-order chi connectivity index (χ0) is 20.3. The fourth-order valence-electron chi connectivity index (χ4n) is 3.93. The van der Waals surface area contributed by atoms with Gasteiger partial charge in [-0.05, 0) is 17.5 Å². The summed E-state index contributed by atoms with van der Waals surface area (Å²) in [5, 5.41) is 3.24. The Morgan fingerprint density at radius 2 is 1.43 bits per heavy atom. The van der Waals surface area contributed by atoms with E-state index >= 15 is 0 Å². The van der Waals surface area contributed by atoms with Crippen LogP contribution in [0.4, 0.5) is 0 Å². The Morgan fingerprint density at radius 3 is 2.30 bits per heavy atom. The van der Waals surface area contributed by atoms with E-state index in [0.29, 0.717) is 18.7 Å². The number of hydrogen-bond acceptors (Lipinski definition) is 2. The van der Waals surface area contributed by atoms with Gasteiger partial charge in [-0.25, -0.2) is 0 Å². The highest BCUT2D eigenvalue weighted by atomic mass is 16.5. The van der Waals surface area contributed by atoms with Crippen molar-refractivity contribution in [3.63, 3.8) is 0 Å². The van der Waals surface area contributed by atoms with Gasteiger partial charge in [0.25, 0.3) is 0 Å². The molecule has 0 spiro atoms. The monoisotopic (exact) mass is 391 g/mol. The summed E-state index contributed by atoms with van der Waals surface area (Å²) in [5.41, 5.74) is 2.47. The van der Waals surface area contributed by atoms with Gasteiger partial charge < -0.3 is 9.30 Å². The third-order valence-electron chi connectivity index (χ3n) is 5.41. The van der Waals surface area contributed by atoms with Crippen LogP contribution in [-0.4, -0.2) is 17.0 Å². The number of rotatable bonds is 6. The molecule has 0 radical (unpaired) electrons. The molecule has 0 amide bonds. The summed E-state index contributed by atoms with van der Waals surface area (Å²) >= 11 is 0. The first-order valence-corrected chi connectivity index (χ1v) is 10.1. The maximum absolute atomic E-state index is 13.1. The van der Waals surface area contributed by atoms with Gasteiger partial charge in [-0.15, -0.1) is 0 Å². The number of fused-ring (bicyclic) bond motifs is 2. The minimum Gasteiger partial charge on any atom is -0.491 e. The summed E-state index contributed by atoms with van der Waals surface area (Å²) in [6, 6.07) is 31.8. The number of para-hydroxylation sites is 1. The van der Waals surface area contributed by atoms with E-state index in [2.05, 4.69) is 28.8 Å². The van der Waals surface area contributed by atoms with Crippen molar-refractivity contribution in [3.05, 3.63) is 114 Å².